The van der Waals surface area contributed by atoms with E-state index < -0.39 is 0 Å². The van der Waals surface area contributed by atoms with Gasteiger partial charge in [0.25, 0.3) is 0 Å². The fourth-order valence-corrected chi connectivity index (χ4v) is 2.59. The molecule has 0 aliphatic carbocycles. The molecule has 4 aromatic rings. The van der Waals surface area contributed by atoms with Crippen molar-refractivity contribution in [1.29, 1.82) is 0 Å². The second-order valence-corrected chi connectivity index (χ2v) is 5.16. The number of fused-ring (bicyclic) bond motifs is 2. The van der Waals surface area contributed by atoms with Gasteiger partial charge in [-0.2, -0.15) is 0 Å². The fraction of sp³-hybridized carbons (Fsp3) is 0.0556. The number of nitrogens with zero attached hydrogens (tertiary/aromatic N) is 1. The van der Waals surface area contributed by atoms with E-state index in [-0.39, 0.29) is 0 Å². The Morgan fingerprint density at radius 1 is 0.952 bits per heavy atom. The second-order valence-electron chi connectivity index (χ2n) is 5.16. The van der Waals surface area contributed by atoms with Crippen LogP contribution < -0.4 is 5.32 Å². The average Bonchev–Trinajstić information content (AvgIpc) is 3.00. The van der Waals surface area contributed by atoms with Gasteiger partial charge in [-0.25, -0.2) is 0 Å². The molecule has 0 amide bonds. The number of H-pyrrole nitrogens is 1. The second kappa shape index (κ2) is 4.94. The van der Waals surface area contributed by atoms with Gasteiger partial charge >= 0.3 is 0 Å². The van der Waals surface area contributed by atoms with Gasteiger partial charge in [0.15, 0.2) is 0 Å². The zero-order valence-corrected chi connectivity index (χ0v) is 11.5. The van der Waals surface area contributed by atoms with Crippen molar-refractivity contribution in [2.45, 2.75) is 6.54 Å². The van der Waals surface area contributed by atoms with E-state index in [1.807, 2.05) is 24.5 Å². The third-order valence-electron chi connectivity index (χ3n) is 3.72. The number of aromatic amines is 1. The average molecular weight is 273 g/mol. The molecule has 21 heavy (non-hydrogen) atoms. The molecule has 3 nitrogen and oxygen atoms in total. The summed E-state index contributed by atoms with van der Waals surface area (Å²) in [5.74, 6) is 0. The fourth-order valence-electron chi connectivity index (χ4n) is 2.59. The molecule has 0 saturated carbocycles. The number of hydrogen-bond acceptors (Lipinski definition) is 2. The Hall–Kier alpha value is -2.81. The molecule has 0 aliphatic heterocycles. The lowest BCUT2D eigenvalue weighted by Crippen LogP contribution is -1.99. The number of rotatable bonds is 3. The molecule has 0 unspecified atom stereocenters. The zero-order valence-electron chi connectivity index (χ0n) is 11.5. The summed E-state index contributed by atoms with van der Waals surface area (Å²) >= 11 is 0. The van der Waals surface area contributed by atoms with Gasteiger partial charge in [-0.15, -0.1) is 0 Å². The molecule has 0 radical (unpaired) electrons. The van der Waals surface area contributed by atoms with Gasteiger partial charge in [0.05, 0.1) is 5.52 Å². The highest BCUT2D eigenvalue weighted by molar-refractivity contribution is 5.82. The van der Waals surface area contributed by atoms with Crippen LogP contribution in [0.5, 0.6) is 0 Å². The van der Waals surface area contributed by atoms with E-state index >= 15 is 0 Å². The largest absolute Gasteiger partial charge is 0.381 e. The standard InChI is InChI=1S/C18H15N3/c1-2-15-11-16(5-6-17(15)19-8-1)21-12-13-3-4-14-7-9-20-18(14)10-13/h1-11,20-21H,12H2. The summed E-state index contributed by atoms with van der Waals surface area (Å²) < 4.78 is 0. The highest BCUT2D eigenvalue weighted by Gasteiger charge is 1.99. The van der Waals surface area contributed by atoms with Crippen LogP contribution >= 0.6 is 0 Å². The normalized spacial score (nSPS) is 11.0. The van der Waals surface area contributed by atoms with E-state index in [2.05, 4.69) is 57.7 Å². The molecule has 0 atom stereocenters. The summed E-state index contributed by atoms with van der Waals surface area (Å²) in [4.78, 5) is 7.58. The van der Waals surface area contributed by atoms with Gasteiger partial charge in [0.2, 0.25) is 0 Å². The lowest BCUT2D eigenvalue weighted by molar-refractivity contribution is 1.15. The van der Waals surface area contributed by atoms with Gasteiger partial charge < -0.3 is 10.3 Å². The van der Waals surface area contributed by atoms with Crippen LogP contribution in [0.1, 0.15) is 5.56 Å². The lowest BCUT2D eigenvalue weighted by atomic mass is 10.1. The van der Waals surface area contributed by atoms with Crippen LogP contribution in [-0.4, -0.2) is 9.97 Å². The number of benzene rings is 2. The van der Waals surface area contributed by atoms with Crippen LogP contribution in [-0.2, 0) is 6.54 Å². The molecule has 2 aromatic heterocycles. The number of aromatic nitrogens is 2. The van der Waals surface area contributed by atoms with Crippen molar-refractivity contribution in [1.82, 2.24) is 9.97 Å². The highest BCUT2D eigenvalue weighted by atomic mass is 14.9. The van der Waals surface area contributed by atoms with Crippen LogP contribution in [0.25, 0.3) is 21.8 Å². The van der Waals surface area contributed by atoms with Crippen LogP contribution in [0.4, 0.5) is 5.69 Å². The van der Waals surface area contributed by atoms with Crippen LogP contribution in [0.3, 0.4) is 0 Å². The molecule has 2 heterocycles. The summed E-state index contributed by atoms with van der Waals surface area (Å²) in [5.41, 5.74) is 4.58. The van der Waals surface area contributed by atoms with Gasteiger partial charge in [-0.05, 0) is 47.3 Å². The molecule has 0 aliphatic rings. The quantitative estimate of drug-likeness (QED) is 0.583. The van der Waals surface area contributed by atoms with Crippen molar-refractivity contribution in [2.75, 3.05) is 5.32 Å². The van der Waals surface area contributed by atoms with Crippen molar-refractivity contribution < 1.29 is 0 Å². The Kier molecular flexibility index (Phi) is 2.82. The molecule has 0 spiro atoms. The molecule has 2 aromatic carbocycles. The third-order valence-corrected chi connectivity index (χ3v) is 3.72. The predicted molar refractivity (Wildman–Crippen MR) is 87.4 cm³/mol. The molecule has 102 valence electrons. The number of nitrogens with one attached hydrogen (secondary N) is 2. The molecule has 2 N–H and O–H groups in total. The first-order valence-electron chi connectivity index (χ1n) is 7.03. The highest BCUT2D eigenvalue weighted by Crippen LogP contribution is 2.19. The topological polar surface area (TPSA) is 40.7 Å². The minimum absolute atomic E-state index is 0.806. The summed E-state index contributed by atoms with van der Waals surface area (Å²) in [6.45, 7) is 0.806. The minimum Gasteiger partial charge on any atom is -0.381 e. The summed E-state index contributed by atoms with van der Waals surface area (Å²) in [5, 5.41) is 5.87. The number of pyridine rings is 1. The van der Waals surface area contributed by atoms with Crippen molar-refractivity contribution >= 4 is 27.5 Å². The maximum atomic E-state index is 4.34. The molecule has 0 bridgehead atoms. The predicted octanol–water partition coefficient (Wildman–Crippen LogP) is 4.33. The van der Waals surface area contributed by atoms with E-state index in [9.17, 15) is 0 Å². The van der Waals surface area contributed by atoms with Crippen molar-refractivity contribution in [2.24, 2.45) is 0 Å². The maximum absolute atomic E-state index is 4.34. The van der Waals surface area contributed by atoms with Gasteiger partial charge in [0.1, 0.15) is 0 Å². The molecule has 4 rings (SSSR count). The first kappa shape index (κ1) is 12.0. The van der Waals surface area contributed by atoms with Crippen LogP contribution in [0.15, 0.2) is 67.0 Å². The Morgan fingerprint density at radius 3 is 2.95 bits per heavy atom. The Balaban J connectivity index is 1.56. The summed E-state index contributed by atoms with van der Waals surface area (Å²) in [7, 11) is 0. The van der Waals surface area contributed by atoms with E-state index in [0.717, 1.165) is 23.1 Å². The van der Waals surface area contributed by atoms with E-state index in [1.54, 1.807) is 0 Å². The molecular weight excluding hydrogens is 258 g/mol. The maximum Gasteiger partial charge on any atom is 0.0703 e. The Labute approximate surface area is 122 Å². The molecule has 3 heteroatoms. The van der Waals surface area contributed by atoms with Crippen molar-refractivity contribution in [3.8, 4) is 0 Å². The zero-order chi connectivity index (χ0) is 14.1. The number of hydrogen-bond donors (Lipinski definition) is 2. The van der Waals surface area contributed by atoms with E-state index in [1.165, 1.54) is 16.5 Å². The monoisotopic (exact) mass is 273 g/mol. The number of anilines is 1. The smallest absolute Gasteiger partial charge is 0.0703 e. The first-order chi connectivity index (χ1) is 10.4. The van der Waals surface area contributed by atoms with E-state index in [0.29, 0.717) is 0 Å². The van der Waals surface area contributed by atoms with Gasteiger partial charge in [-0.3, -0.25) is 4.98 Å². The van der Waals surface area contributed by atoms with Gasteiger partial charge in [-0.1, -0.05) is 18.2 Å². The summed E-state index contributed by atoms with van der Waals surface area (Å²) in [6.07, 6.45) is 3.79. The van der Waals surface area contributed by atoms with Crippen LogP contribution in [0.2, 0.25) is 0 Å². The van der Waals surface area contributed by atoms with Crippen molar-refractivity contribution in [3.05, 3.63) is 72.6 Å². The third kappa shape index (κ3) is 2.34. The van der Waals surface area contributed by atoms with Gasteiger partial charge in [0, 0.05) is 35.5 Å². The van der Waals surface area contributed by atoms with Crippen molar-refractivity contribution in [3.63, 3.8) is 0 Å². The molecule has 0 fully saturated rings. The Bertz CT molecular complexity index is 908. The minimum atomic E-state index is 0.806. The lowest BCUT2D eigenvalue weighted by Gasteiger charge is -2.08. The Morgan fingerprint density at radius 2 is 1.95 bits per heavy atom. The molecule has 0 saturated heterocycles. The first-order valence-corrected chi connectivity index (χ1v) is 7.03. The summed E-state index contributed by atoms with van der Waals surface area (Å²) in [6, 6.07) is 18.9. The van der Waals surface area contributed by atoms with Crippen LogP contribution in [0, 0.1) is 0 Å². The van der Waals surface area contributed by atoms with E-state index in [4.69, 9.17) is 0 Å². The SMILES string of the molecule is c1cnc2ccc(NCc3ccc4cc[nH]c4c3)cc2c1. The molecular formula is C18H15N3.